The van der Waals surface area contributed by atoms with E-state index in [1.807, 2.05) is 0 Å². The second-order valence-corrected chi connectivity index (χ2v) is 6.30. The summed E-state index contributed by atoms with van der Waals surface area (Å²) < 4.78 is 0. The number of anilines is 2. The van der Waals surface area contributed by atoms with E-state index >= 15 is 0 Å². The van der Waals surface area contributed by atoms with Gasteiger partial charge in [-0.2, -0.15) is 0 Å². The Hall–Kier alpha value is -4.33. The van der Waals surface area contributed by atoms with Gasteiger partial charge in [0.2, 0.25) is 0 Å². The van der Waals surface area contributed by atoms with Crippen molar-refractivity contribution < 1.29 is 19.3 Å². The van der Waals surface area contributed by atoms with Gasteiger partial charge in [-0.05, 0) is 42.5 Å². The molecule has 8 heteroatoms. The summed E-state index contributed by atoms with van der Waals surface area (Å²) in [6, 6.07) is 18.1. The van der Waals surface area contributed by atoms with Crippen LogP contribution in [0.1, 0.15) is 31.1 Å². The van der Waals surface area contributed by atoms with Crippen LogP contribution in [0.3, 0.4) is 0 Å². The molecule has 1 heterocycles. The van der Waals surface area contributed by atoms with Gasteiger partial charge in [-0.3, -0.25) is 24.5 Å². The van der Waals surface area contributed by atoms with Crippen molar-refractivity contribution in [2.24, 2.45) is 0 Å². The first-order valence-electron chi connectivity index (χ1n) is 8.59. The van der Waals surface area contributed by atoms with Crippen molar-refractivity contribution in [1.29, 1.82) is 0 Å². The molecule has 0 aromatic heterocycles. The molecule has 0 atom stereocenters. The van der Waals surface area contributed by atoms with E-state index in [0.717, 1.165) is 4.90 Å². The van der Waals surface area contributed by atoms with Crippen molar-refractivity contribution in [3.8, 4) is 0 Å². The second-order valence-electron chi connectivity index (χ2n) is 6.30. The van der Waals surface area contributed by atoms with Crippen LogP contribution in [0, 0.1) is 10.1 Å². The molecule has 1 aliphatic rings. The van der Waals surface area contributed by atoms with E-state index in [1.165, 1.54) is 48.5 Å². The molecule has 0 bridgehead atoms. The molecule has 0 aliphatic carbocycles. The van der Waals surface area contributed by atoms with E-state index in [0.29, 0.717) is 16.8 Å². The first kappa shape index (κ1) is 18.1. The fourth-order valence-corrected chi connectivity index (χ4v) is 3.09. The van der Waals surface area contributed by atoms with Crippen molar-refractivity contribution >= 4 is 34.8 Å². The topological polar surface area (TPSA) is 110 Å². The molecule has 4 rings (SSSR count). The Balaban J connectivity index is 1.53. The Morgan fingerprint density at radius 2 is 1.48 bits per heavy atom. The monoisotopic (exact) mass is 387 g/mol. The third-order valence-electron chi connectivity index (χ3n) is 4.50. The number of nitrogens with one attached hydrogen (secondary N) is 1. The molecular weight excluding hydrogens is 374 g/mol. The molecule has 0 unspecified atom stereocenters. The Morgan fingerprint density at radius 1 is 0.862 bits per heavy atom. The summed E-state index contributed by atoms with van der Waals surface area (Å²) in [6.45, 7) is 0. The van der Waals surface area contributed by atoms with Crippen molar-refractivity contribution in [2.75, 3.05) is 10.2 Å². The molecule has 1 N–H and O–H groups in total. The predicted octanol–water partition coefficient (Wildman–Crippen LogP) is 3.65. The molecule has 1 aliphatic heterocycles. The number of carbonyl (C=O) groups excluding carboxylic acids is 3. The third kappa shape index (κ3) is 3.23. The summed E-state index contributed by atoms with van der Waals surface area (Å²) in [4.78, 5) is 48.8. The zero-order valence-electron chi connectivity index (χ0n) is 14.9. The van der Waals surface area contributed by atoms with Crippen LogP contribution in [0.15, 0.2) is 72.8 Å². The average molecular weight is 387 g/mol. The van der Waals surface area contributed by atoms with Gasteiger partial charge in [0.05, 0.1) is 21.7 Å². The fourth-order valence-electron chi connectivity index (χ4n) is 3.09. The lowest BCUT2D eigenvalue weighted by atomic mass is 10.1. The highest BCUT2D eigenvalue weighted by atomic mass is 16.6. The molecule has 0 saturated heterocycles. The third-order valence-corrected chi connectivity index (χ3v) is 4.50. The van der Waals surface area contributed by atoms with Gasteiger partial charge in [0.1, 0.15) is 0 Å². The largest absolute Gasteiger partial charge is 0.322 e. The standard InChI is InChI=1S/C21H13N3O5/c25-19(22-14-4-3-5-16(12-14)24(28)29)13-8-10-15(11-9-13)23-20(26)17-6-1-2-7-18(17)21(23)27/h1-12H,(H,22,25). The van der Waals surface area contributed by atoms with E-state index in [4.69, 9.17) is 0 Å². The number of amides is 3. The number of nitro benzene ring substituents is 1. The number of rotatable bonds is 4. The molecule has 142 valence electrons. The van der Waals surface area contributed by atoms with Crippen LogP contribution in [-0.2, 0) is 0 Å². The number of nitro groups is 1. The fraction of sp³-hybridized carbons (Fsp3) is 0. The van der Waals surface area contributed by atoms with Crippen LogP contribution in [0.25, 0.3) is 0 Å². The average Bonchev–Trinajstić information content (AvgIpc) is 2.99. The summed E-state index contributed by atoms with van der Waals surface area (Å²) >= 11 is 0. The van der Waals surface area contributed by atoms with Crippen molar-refractivity contribution in [3.05, 3.63) is 99.6 Å². The first-order chi connectivity index (χ1) is 14.0. The van der Waals surface area contributed by atoms with Crippen molar-refractivity contribution in [2.45, 2.75) is 0 Å². The lowest BCUT2D eigenvalue weighted by Crippen LogP contribution is -2.29. The molecule has 0 saturated carbocycles. The number of non-ortho nitro benzene ring substituents is 1. The summed E-state index contributed by atoms with van der Waals surface area (Å²) in [6.07, 6.45) is 0. The molecule has 0 spiro atoms. The number of fused-ring (bicyclic) bond motifs is 1. The molecular formula is C21H13N3O5. The Labute approximate surface area is 164 Å². The minimum absolute atomic E-state index is 0.135. The van der Waals surface area contributed by atoms with Crippen molar-refractivity contribution in [3.63, 3.8) is 0 Å². The van der Waals surface area contributed by atoms with Crippen LogP contribution in [0.5, 0.6) is 0 Å². The highest BCUT2D eigenvalue weighted by Crippen LogP contribution is 2.28. The first-order valence-corrected chi connectivity index (χ1v) is 8.59. The predicted molar refractivity (Wildman–Crippen MR) is 105 cm³/mol. The Kier molecular flexibility index (Phi) is 4.36. The molecule has 8 nitrogen and oxygen atoms in total. The summed E-state index contributed by atoms with van der Waals surface area (Å²) in [5.74, 6) is -1.31. The highest BCUT2D eigenvalue weighted by Gasteiger charge is 2.36. The number of benzene rings is 3. The number of nitrogens with zero attached hydrogens (tertiary/aromatic N) is 2. The van der Waals surface area contributed by atoms with Gasteiger partial charge in [0.25, 0.3) is 23.4 Å². The SMILES string of the molecule is O=C(Nc1cccc([N+](=O)[O-])c1)c1ccc(N2C(=O)c3ccccc3C2=O)cc1. The van der Waals surface area contributed by atoms with E-state index in [-0.39, 0.29) is 16.9 Å². The van der Waals surface area contributed by atoms with Gasteiger partial charge in [0, 0.05) is 23.4 Å². The van der Waals surface area contributed by atoms with Crippen LogP contribution >= 0.6 is 0 Å². The minimum atomic E-state index is -0.549. The van der Waals surface area contributed by atoms with Gasteiger partial charge in [0.15, 0.2) is 0 Å². The molecule has 0 fully saturated rings. The Bertz CT molecular complexity index is 1140. The lowest BCUT2D eigenvalue weighted by molar-refractivity contribution is -0.384. The number of hydrogen-bond donors (Lipinski definition) is 1. The second kappa shape index (κ2) is 7.01. The number of carbonyl (C=O) groups is 3. The van der Waals surface area contributed by atoms with Gasteiger partial charge in [-0.15, -0.1) is 0 Å². The van der Waals surface area contributed by atoms with E-state index < -0.39 is 22.6 Å². The van der Waals surface area contributed by atoms with Crippen LogP contribution < -0.4 is 10.2 Å². The molecule has 3 aromatic rings. The normalized spacial score (nSPS) is 12.6. The van der Waals surface area contributed by atoms with E-state index in [1.54, 1.807) is 24.3 Å². The molecule has 3 aromatic carbocycles. The van der Waals surface area contributed by atoms with Crippen LogP contribution in [-0.4, -0.2) is 22.6 Å². The molecule has 3 amide bonds. The van der Waals surface area contributed by atoms with Crippen molar-refractivity contribution in [1.82, 2.24) is 0 Å². The van der Waals surface area contributed by atoms with Crippen LogP contribution in [0.4, 0.5) is 17.1 Å². The quantitative estimate of drug-likeness (QED) is 0.417. The molecule has 29 heavy (non-hydrogen) atoms. The van der Waals surface area contributed by atoms with Gasteiger partial charge < -0.3 is 5.32 Å². The number of imide groups is 1. The van der Waals surface area contributed by atoms with E-state index in [9.17, 15) is 24.5 Å². The maximum atomic E-state index is 12.5. The van der Waals surface area contributed by atoms with Crippen LogP contribution in [0.2, 0.25) is 0 Å². The smallest absolute Gasteiger partial charge is 0.271 e. The van der Waals surface area contributed by atoms with Gasteiger partial charge >= 0.3 is 0 Å². The lowest BCUT2D eigenvalue weighted by Gasteiger charge is -2.14. The maximum Gasteiger partial charge on any atom is 0.271 e. The summed E-state index contributed by atoms with van der Waals surface area (Å²) in [7, 11) is 0. The zero-order valence-corrected chi connectivity index (χ0v) is 14.9. The minimum Gasteiger partial charge on any atom is -0.322 e. The maximum absolute atomic E-state index is 12.5. The molecule has 0 radical (unpaired) electrons. The Morgan fingerprint density at radius 3 is 2.07 bits per heavy atom. The zero-order chi connectivity index (χ0) is 20.5. The van der Waals surface area contributed by atoms with E-state index in [2.05, 4.69) is 5.32 Å². The van der Waals surface area contributed by atoms with Gasteiger partial charge in [-0.25, -0.2) is 4.90 Å². The van der Waals surface area contributed by atoms with Gasteiger partial charge in [-0.1, -0.05) is 18.2 Å². The number of hydrogen-bond acceptors (Lipinski definition) is 5. The highest BCUT2D eigenvalue weighted by molar-refractivity contribution is 6.34. The summed E-state index contributed by atoms with van der Waals surface area (Å²) in [5.41, 5.74) is 1.45. The summed E-state index contributed by atoms with van der Waals surface area (Å²) in [5, 5.41) is 13.4.